The zero-order valence-electron chi connectivity index (χ0n) is 22.8. The molecule has 1 aliphatic carbocycles. The lowest BCUT2D eigenvalue weighted by Crippen LogP contribution is -2.40. The Morgan fingerprint density at radius 1 is 1.23 bits per heavy atom. The fourth-order valence-corrected chi connectivity index (χ4v) is 5.20. The number of pyridine rings is 1. The smallest absolute Gasteiger partial charge is 0.363 e. The zero-order chi connectivity index (χ0) is 28.7. The molecular formula is C25H33N6O7P. The largest absolute Gasteiger partial charge is 0.371 e. The van der Waals surface area contributed by atoms with E-state index in [0.29, 0.717) is 0 Å². The van der Waals surface area contributed by atoms with Gasteiger partial charge in [0.05, 0.1) is 17.4 Å². The van der Waals surface area contributed by atoms with Gasteiger partial charge in [0.25, 0.3) is 16.8 Å². The number of anilines is 3. The Morgan fingerprint density at radius 2 is 1.87 bits per heavy atom. The third kappa shape index (κ3) is 5.75. The van der Waals surface area contributed by atoms with Crippen molar-refractivity contribution in [1.82, 2.24) is 19.7 Å². The molecule has 39 heavy (non-hydrogen) atoms. The molecule has 13 nitrogen and oxygen atoms in total. The average Bonchev–Trinajstić information content (AvgIpc) is 3.45. The Bertz CT molecular complexity index is 1510. The maximum absolute atomic E-state index is 12.8. The second kappa shape index (κ2) is 10.6. The van der Waals surface area contributed by atoms with Gasteiger partial charge in [-0.1, -0.05) is 19.8 Å². The molecule has 0 radical (unpaired) electrons. The molecule has 1 saturated carbocycles. The highest BCUT2D eigenvalue weighted by Crippen LogP contribution is 2.49. The minimum atomic E-state index is -4.12. The van der Waals surface area contributed by atoms with Crippen LogP contribution in [0, 0.1) is 12.3 Å². The zero-order valence-corrected chi connectivity index (χ0v) is 23.7. The Kier molecular flexibility index (Phi) is 7.70. The molecule has 1 amide bonds. The summed E-state index contributed by atoms with van der Waals surface area (Å²) in [6.45, 7) is 5.01. The minimum absolute atomic E-state index is 0.0384. The van der Waals surface area contributed by atoms with Crippen LogP contribution < -0.4 is 26.4 Å². The van der Waals surface area contributed by atoms with Crippen molar-refractivity contribution in [1.29, 1.82) is 0 Å². The number of nitrogens with zero attached hydrogens (tertiary/aromatic N) is 4. The van der Waals surface area contributed by atoms with Crippen molar-refractivity contribution in [3.63, 3.8) is 0 Å². The molecule has 1 fully saturated rings. The van der Waals surface area contributed by atoms with Gasteiger partial charge in [-0.05, 0) is 36.8 Å². The van der Waals surface area contributed by atoms with Crippen LogP contribution in [0.25, 0.3) is 0 Å². The predicted octanol–water partition coefficient (Wildman–Crippen LogP) is 3.02. The second-order valence-corrected chi connectivity index (χ2v) is 12.3. The maximum Gasteiger partial charge on any atom is 0.363 e. The fraction of sp³-hybridized carbons (Fsp3) is 0.480. The molecule has 3 aromatic rings. The minimum Gasteiger partial charge on any atom is -0.371 e. The summed E-state index contributed by atoms with van der Waals surface area (Å²) in [6.07, 6.45) is 7.14. The topological polar surface area (TPSA) is 165 Å². The predicted molar refractivity (Wildman–Crippen MR) is 145 cm³/mol. The molecule has 0 aliphatic heterocycles. The van der Waals surface area contributed by atoms with Crippen LogP contribution in [0.4, 0.5) is 17.1 Å². The van der Waals surface area contributed by atoms with Gasteiger partial charge >= 0.3 is 7.60 Å². The van der Waals surface area contributed by atoms with Crippen LogP contribution in [0.3, 0.4) is 0 Å². The van der Waals surface area contributed by atoms with Crippen molar-refractivity contribution in [2.75, 3.05) is 31.4 Å². The standard InChI is InChI=1S/C25H33N6O7P/c1-14-13-31(5)29-16(14)23(25(2)10-7-8-11-25)28-18-17(20(32)21(18)33)27-15-9-12-26-19(24(34)30(3)4)22(15)37-38-39(6,35)36/h9,12-13,23,28H,7-8,10-11H2,1-6H3,(H,26,27)(H,35,36). The summed E-state index contributed by atoms with van der Waals surface area (Å²) in [5.41, 5.74) is -0.0614. The Balaban J connectivity index is 1.74. The third-order valence-corrected chi connectivity index (χ3v) is 7.35. The summed E-state index contributed by atoms with van der Waals surface area (Å²) in [5, 5.41) is 10.8. The molecule has 1 aromatic carbocycles. The highest BCUT2D eigenvalue weighted by Gasteiger charge is 2.41. The van der Waals surface area contributed by atoms with Crippen LogP contribution in [0.1, 0.15) is 60.4 Å². The molecule has 1 aliphatic rings. The van der Waals surface area contributed by atoms with Gasteiger partial charge in [0.2, 0.25) is 5.75 Å². The van der Waals surface area contributed by atoms with E-state index in [4.69, 9.17) is 4.89 Å². The van der Waals surface area contributed by atoms with E-state index in [0.717, 1.165) is 43.6 Å². The van der Waals surface area contributed by atoms with Gasteiger partial charge in [-0.25, -0.2) is 4.98 Å². The van der Waals surface area contributed by atoms with Gasteiger partial charge in [-0.15, -0.1) is 4.67 Å². The van der Waals surface area contributed by atoms with E-state index in [1.165, 1.54) is 31.3 Å². The lowest BCUT2D eigenvalue weighted by atomic mass is 9.78. The molecule has 2 aromatic heterocycles. The molecule has 14 heteroatoms. The molecule has 2 unspecified atom stereocenters. The van der Waals surface area contributed by atoms with E-state index in [2.05, 4.69) is 32.3 Å². The van der Waals surface area contributed by atoms with Gasteiger partial charge in [0.15, 0.2) is 5.69 Å². The normalized spacial score (nSPS) is 17.0. The number of hydrogen-bond donors (Lipinski definition) is 3. The first-order valence-corrected chi connectivity index (χ1v) is 14.5. The van der Waals surface area contributed by atoms with Crippen LogP contribution in [-0.4, -0.2) is 51.2 Å². The molecule has 3 N–H and O–H groups in total. The molecule has 210 valence electrons. The molecule has 2 atom stereocenters. The van der Waals surface area contributed by atoms with Gasteiger partial charge in [-0.3, -0.25) is 23.6 Å². The van der Waals surface area contributed by atoms with Gasteiger partial charge in [0, 0.05) is 40.2 Å². The van der Waals surface area contributed by atoms with Gasteiger partial charge in [0.1, 0.15) is 11.4 Å². The Labute approximate surface area is 225 Å². The van der Waals surface area contributed by atoms with Gasteiger partial charge < -0.3 is 25.3 Å². The van der Waals surface area contributed by atoms with Crippen molar-refractivity contribution < 1.29 is 23.8 Å². The van der Waals surface area contributed by atoms with Crippen LogP contribution in [0.2, 0.25) is 0 Å². The van der Waals surface area contributed by atoms with Gasteiger partial charge in [-0.2, -0.15) is 5.10 Å². The van der Waals surface area contributed by atoms with E-state index in [9.17, 15) is 23.8 Å². The lowest BCUT2D eigenvalue weighted by molar-refractivity contribution is -0.107. The molecule has 4 rings (SSSR count). The summed E-state index contributed by atoms with van der Waals surface area (Å²) in [4.78, 5) is 58.2. The Morgan fingerprint density at radius 3 is 2.44 bits per heavy atom. The van der Waals surface area contributed by atoms with Crippen LogP contribution in [0.15, 0.2) is 28.0 Å². The van der Waals surface area contributed by atoms with E-state index < -0.39 is 24.4 Å². The first-order valence-electron chi connectivity index (χ1n) is 12.5. The molecular weight excluding hydrogens is 527 g/mol. The first-order chi connectivity index (χ1) is 18.2. The third-order valence-electron chi connectivity index (χ3n) is 7.00. The summed E-state index contributed by atoms with van der Waals surface area (Å²) < 4.78 is 18.1. The molecule has 0 spiro atoms. The van der Waals surface area contributed by atoms with Crippen LogP contribution >= 0.6 is 7.60 Å². The molecule has 0 bridgehead atoms. The number of carbonyl (C=O) groups is 1. The first kappa shape index (κ1) is 28.5. The van der Waals surface area contributed by atoms with E-state index in [1.807, 2.05) is 20.2 Å². The summed E-state index contributed by atoms with van der Waals surface area (Å²) in [7, 11) is 0.698. The van der Waals surface area contributed by atoms with Crippen molar-refractivity contribution in [3.8, 4) is 5.75 Å². The highest BCUT2D eigenvalue weighted by atomic mass is 31.2. The number of carbonyl (C=O) groups excluding carboxylic acids is 1. The molecule has 2 heterocycles. The summed E-state index contributed by atoms with van der Waals surface area (Å²) in [5.74, 6) is -0.893. The van der Waals surface area contributed by atoms with Crippen molar-refractivity contribution in [2.45, 2.75) is 45.6 Å². The quantitative estimate of drug-likeness (QED) is 0.144. The second-order valence-electron chi connectivity index (χ2n) is 10.5. The highest BCUT2D eigenvalue weighted by molar-refractivity contribution is 7.51. The Hall–Kier alpha value is -3.54. The lowest BCUT2D eigenvalue weighted by Gasteiger charge is -2.35. The maximum atomic E-state index is 12.8. The number of nitrogens with one attached hydrogen (secondary N) is 2. The average molecular weight is 561 g/mol. The van der Waals surface area contributed by atoms with E-state index >= 15 is 0 Å². The number of amides is 1. The number of aryl methyl sites for hydroxylation is 2. The molecule has 0 saturated heterocycles. The van der Waals surface area contributed by atoms with Crippen molar-refractivity contribution >= 4 is 30.6 Å². The van der Waals surface area contributed by atoms with Crippen LogP contribution in [0.5, 0.6) is 5.75 Å². The van der Waals surface area contributed by atoms with Crippen molar-refractivity contribution in [3.05, 3.63) is 55.9 Å². The van der Waals surface area contributed by atoms with Crippen LogP contribution in [-0.2, 0) is 16.3 Å². The van der Waals surface area contributed by atoms with Crippen molar-refractivity contribution in [2.24, 2.45) is 12.5 Å². The monoisotopic (exact) mass is 560 g/mol. The SMILES string of the molecule is Cc1cn(C)nc1C(Nc1c(Nc2ccnc(C(=O)N(C)C)c2OOP(C)(=O)O)c(=O)c1=O)C1(C)CCCC1. The number of aromatic nitrogens is 3. The summed E-state index contributed by atoms with van der Waals surface area (Å²) in [6, 6.07) is 1.05. The van der Waals surface area contributed by atoms with E-state index in [1.54, 1.807) is 4.68 Å². The summed E-state index contributed by atoms with van der Waals surface area (Å²) >= 11 is 0. The number of rotatable bonds is 10. The number of hydrogen-bond acceptors (Lipinski definition) is 10. The van der Waals surface area contributed by atoms with E-state index in [-0.39, 0.29) is 40.0 Å². The fourth-order valence-electron chi connectivity index (χ4n) is 4.98.